The fraction of sp³-hybridized carbons (Fsp3) is 0.750. The van der Waals surface area contributed by atoms with E-state index in [1.54, 1.807) is 4.90 Å². The molecule has 1 saturated heterocycles. The van der Waals surface area contributed by atoms with Crippen LogP contribution in [0.2, 0.25) is 0 Å². The molecule has 0 aromatic heterocycles. The Balaban J connectivity index is 2.25. The summed E-state index contributed by atoms with van der Waals surface area (Å²) in [5.41, 5.74) is 5.22. The van der Waals surface area contributed by atoms with Crippen LogP contribution in [0.1, 0.15) is 33.1 Å². The maximum atomic E-state index is 12.0. The van der Waals surface area contributed by atoms with E-state index < -0.39 is 24.0 Å². The van der Waals surface area contributed by atoms with Crippen LogP contribution in [0, 0.1) is 0 Å². The average molecular weight is 372 g/mol. The molecule has 0 radical (unpaired) electrons. The molecule has 0 bridgehead atoms. The Morgan fingerprint density at radius 2 is 1.96 bits per heavy atom. The Kier molecular flexibility index (Phi) is 9.17. The number of primary amides is 1. The second kappa shape index (κ2) is 10.8. The van der Waals surface area contributed by atoms with Crippen molar-refractivity contribution in [2.45, 2.75) is 51.3 Å². The van der Waals surface area contributed by atoms with Crippen molar-refractivity contribution in [3.8, 4) is 0 Å². The number of aliphatic hydroxyl groups is 1. The van der Waals surface area contributed by atoms with Crippen molar-refractivity contribution in [3.05, 3.63) is 0 Å². The predicted octanol–water partition coefficient (Wildman–Crippen LogP) is -3.58. The number of hydrogen-bond acceptors (Lipinski definition) is 6. The molecule has 1 fully saturated rings. The Morgan fingerprint density at radius 1 is 1.27 bits per heavy atom. The van der Waals surface area contributed by atoms with Crippen molar-refractivity contribution in [2.75, 3.05) is 26.2 Å². The Hall–Kier alpha value is -2.04. The zero-order chi connectivity index (χ0) is 19.7. The van der Waals surface area contributed by atoms with Gasteiger partial charge in [-0.05, 0) is 26.7 Å². The second-order valence-electron chi connectivity index (χ2n) is 6.59. The van der Waals surface area contributed by atoms with Gasteiger partial charge in [0.15, 0.2) is 6.04 Å². The molecule has 3 atom stereocenters. The van der Waals surface area contributed by atoms with Gasteiger partial charge >= 0.3 is 5.91 Å². The molecule has 10 heteroatoms. The number of likely N-dealkylation sites (tertiary alicyclic amines) is 1. The van der Waals surface area contributed by atoms with Gasteiger partial charge in [0.25, 0.3) is 5.91 Å². The monoisotopic (exact) mass is 372 g/mol. The molecule has 0 spiro atoms. The first-order chi connectivity index (χ1) is 12.2. The highest BCUT2D eigenvalue weighted by Gasteiger charge is 2.25. The Morgan fingerprint density at radius 3 is 2.54 bits per heavy atom. The lowest BCUT2D eigenvalue weighted by Crippen LogP contribution is -2.95. The van der Waals surface area contributed by atoms with Gasteiger partial charge in [0, 0.05) is 19.1 Å². The van der Waals surface area contributed by atoms with Crippen LogP contribution in [0.15, 0.2) is 0 Å². The molecule has 148 valence electrons. The number of nitrogens with zero attached hydrogens (tertiary/aromatic N) is 1. The van der Waals surface area contributed by atoms with Gasteiger partial charge in [0.05, 0.1) is 25.6 Å². The zero-order valence-corrected chi connectivity index (χ0v) is 15.4. The molecule has 0 aromatic carbocycles. The van der Waals surface area contributed by atoms with Crippen molar-refractivity contribution < 1.29 is 29.6 Å². The van der Waals surface area contributed by atoms with Gasteiger partial charge in [-0.2, -0.15) is 0 Å². The quantitative estimate of drug-likeness (QED) is 0.281. The lowest BCUT2D eigenvalue weighted by atomic mass is 10.2. The third-order valence-corrected chi connectivity index (χ3v) is 4.29. The van der Waals surface area contributed by atoms with Crippen molar-refractivity contribution in [3.63, 3.8) is 0 Å². The number of carbonyl (C=O) groups excluding carboxylic acids is 4. The van der Waals surface area contributed by atoms with E-state index in [9.17, 15) is 24.3 Å². The van der Waals surface area contributed by atoms with E-state index in [0.717, 1.165) is 12.8 Å². The lowest BCUT2D eigenvalue weighted by Gasteiger charge is -2.21. The number of hydrogen-bond donors (Lipinski definition) is 5. The van der Waals surface area contributed by atoms with Crippen LogP contribution < -0.4 is 21.7 Å². The summed E-state index contributed by atoms with van der Waals surface area (Å²) in [7, 11) is 0. The molecule has 3 unspecified atom stereocenters. The van der Waals surface area contributed by atoms with Crippen LogP contribution in [-0.2, 0) is 19.2 Å². The molecule has 1 rings (SSSR count). The van der Waals surface area contributed by atoms with Gasteiger partial charge in [-0.3, -0.25) is 19.7 Å². The van der Waals surface area contributed by atoms with Gasteiger partial charge in [0.2, 0.25) is 11.8 Å². The van der Waals surface area contributed by atoms with Gasteiger partial charge in [-0.15, -0.1) is 0 Å². The Labute approximate surface area is 152 Å². The molecule has 0 aromatic rings. The van der Waals surface area contributed by atoms with E-state index in [-0.39, 0.29) is 43.9 Å². The van der Waals surface area contributed by atoms with Gasteiger partial charge in [-0.25, -0.2) is 4.79 Å². The summed E-state index contributed by atoms with van der Waals surface area (Å²) < 4.78 is 0. The van der Waals surface area contributed by atoms with E-state index in [2.05, 4.69) is 10.6 Å². The molecule has 4 amide bonds. The van der Waals surface area contributed by atoms with E-state index in [1.165, 1.54) is 12.2 Å². The van der Waals surface area contributed by atoms with Crippen LogP contribution in [-0.4, -0.2) is 78.0 Å². The standard InChI is InChI=1S/C16H29N5O5/c1-10-4-3-5-21(10)15(25)9-18-14(24)8-19-16(26)11(2)20-13(23)6-12(22)7-17/h10-12,22H,3-9,17H2,1-2H3,(H,18,24)(H,19,26)(H,20,23)/p+1. The molecule has 26 heavy (non-hydrogen) atoms. The maximum absolute atomic E-state index is 12.0. The highest BCUT2D eigenvalue weighted by molar-refractivity contribution is 5.89. The molecule has 1 aliphatic heterocycles. The number of nitrogens with one attached hydrogen (secondary N) is 2. The fourth-order valence-electron chi connectivity index (χ4n) is 2.71. The minimum Gasteiger partial charge on any atom is -0.391 e. The minimum absolute atomic E-state index is 0.0325. The number of quaternary nitrogens is 1. The van der Waals surface area contributed by atoms with E-state index >= 15 is 0 Å². The van der Waals surface area contributed by atoms with Crippen molar-refractivity contribution in [1.82, 2.24) is 15.5 Å². The van der Waals surface area contributed by atoms with Crippen LogP contribution >= 0.6 is 0 Å². The summed E-state index contributed by atoms with van der Waals surface area (Å²) in [6.45, 7) is 3.77. The predicted molar refractivity (Wildman–Crippen MR) is 92.5 cm³/mol. The highest BCUT2D eigenvalue weighted by atomic mass is 16.3. The Bertz CT molecular complexity index is 527. The van der Waals surface area contributed by atoms with Gasteiger partial charge in [0.1, 0.15) is 0 Å². The summed E-state index contributed by atoms with van der Waals surface area (Å²) in [4.78, 5) is 49.0. The minimum atomic E-state index is -0.935. The summed E-state index contributed by atoms with van der Waals surface area (Å²) in [5, 5.41) is 15.4. The van der Waals surface area contributed by atoms with E-state index in [0.29, 0.717) is 6.54 Å². The third-order valence-electron chi connectivity index (χ3n) is 4.29. The summed E-state index contributed by atoms with van der Waals surface area (Å²) in [6.07, 6.45) is 0.846. The number of amides is 4. The van der Waals surface area contributed by atoms with Gasteiger partial charge < -0.3 is 26.4 Å². The van der Waals surface area contributed by atoms with Crippen molar-refractivity contribution in [2.24, 2.45) is 5.73 Å². The van der Waals surface area contributed by atoms with E-state index in [4.69, 9.17) is 5.73 Å². The smallest absolute Gasteiger partial charge is 0.313 e. The zero-order valence-electron chi connectivity index (χ0n) is 15.4. The largest absolute Gasteiger partial charge is 0.391 e. The van der Waals surface area contributed by atoms with Crippen molar-refractivity contribution >= 4 is 23.6 Å². The molecule has 1 aliphatic rings. The van der Waals surface area contributed by atoms with Crippen molar-refractivity contribution in [1.29, 1.82) is 0 Å². The maximum Gasteiger partial charge on any atom is 0.313 e. The third kappa shape index (κ3) is 7.46. The molecule has 10 nitrogen and oxygen atoms in total. The van der Waals surface area contributed by atoms with Crippen LogP contribution in [0.5, 0.6) is 0 Å². The number of aliphatic hydroxyl groups excluding tert-OH is 1. The number of carbonyl (C=O) groups is 4. The SMILES string of the molecule is CC([NH2+]C(=O)CC(O)CN)C(=O)NCC(=O)NCC(=O)N1CCCC1C. The fourth-order valence-corrected chi connectivity index (χ4v) is 2.71. The van der Waals surface area contributed by atoms with Crippen LogP contribution in [0.3, 0.4) is 0 Å². The number of rotatable bonds is 9. The first-order valence-corrected chi connectivity index (χ1v) is 8.84. The number of nitrogens with two attached hydrogens (primary N) is 2. The van der Waals surface area contributed by atoms with Crippen LogP contribution in [0.25, 0.3) is 0 Å². The van der Waals surface area contributed by atoms with Gasteiger partial charge in [-0.1, -0.05) is 0 Å². The second-order valence-corrected chi connectivity index (χ2v) is 6.59. The summed E-state index contributed by atoms with van der Waals surface area (Å²) in [6, 6.07) is -0.557. The molecule has 0 saturated carbocycles. The van der Waals surface area contributed by atoms with E-state index in [1.807, 2.05) is 6.92 Å². The topological polar surface area (TPSA) is 158 Å². The first kappa shape index (κ1) is 22.0. The lowest BCUT2D eigenvalue weighted by molar-refractivity contribution is -0.589. The molecular formula is C16H30N5O5+. The first-order valence-electron chi connectivity index (χ1n) is 8.84. The summed E-state index contributed by atoms with van der Waals surface area (Å²) >= 11 is 0. The normalized spacial score (nSPS) is 18.9. The average Bonchev–Trinajstić information content (AvgIpc) is 3.03. The molecule has 0 aliphatic carbocycles. The summed E-state index contributed by atoms with van der Waals surface area (Å²) in [5.74, 6) is -1.49. The molecule has 7 N–H and O–H groups in total. The highest BCUT2D eigenvalue weighted by Crippen LogP contribution is 2.15. The molecular weight excluding hydrogens is 342 g/mol. The van der Waals surface area contributed by atoms with Crippen LogP contribution in [0.4, 0.5) is 0 Å². The molecule has 1 heterocycles.